The standard InChI is InChI=1S/C18H18N2O2/c1-18(13-21)12-16(19-14-8-4-2-5-9-14)17(22)20(18)15-10-6-3-7-11-15/h2-12,19,21H,13H2,1H3. The molecule has 4 heteroatoms. The van der Waals surface area contributed by atoms with Gasteiger partial charge in [0.2, 0.25) is 0 Å². The molecule has 22 heavy (non-hydrogen) atoms. The van der Waals surface area contributed by atoms with Gasteiger partial charge in [0.05, 0.1) is 12.1 Å². The van der Waals surface area contributed by atoms with Crippen LogP contribution >= 0.6 is 0 Å². The summed E-state index contributed by atoms with van der Waals surface area (Å²) in [7, 11) is 0. The summed E-state index contributed by atoms with van der Waals surface area (Å²) >= 11 is 0. The van der Waals surface area contributed by atoms with Crippen LogP contribution in [0.1, 0.15) is 6.92 Å². The molecule has 0 aromatic heterocycles. The predicted octanol–water partition coefficient (Wildman–Crippen LogP) is 2.78. The van der Waals surface area contributed by atoms with Gasteiger partial charge in [0.15, 0.2) is 0 Å². The highest BCUT2D eigenvalue weighted by Gasteiger charge is 2.42. The number of benzene rings is 2. The van der Waals surface area contributed by atoms with Gasteiger partial charge in [0, 0.05) is 11.4 Å². The van der Waals surface area contributed by atoms with Gasteiger partial charge in [-0.15, -0.1) is 0 Å². The monoisotopic (exact) mass is 294 g/mol. The molecular weight excluding hydrogens is 276 g/mol. The average Bonchev–Trinajstić information content (AvgIpc) is 2.80. The van der Waals surface area contributed by atoms with Gasteiger partial charge < -0.3 is 10.4 Å². The van der Waals surface area contributed by atoms with Crippen LogP contribution in [0.3, 0.4) is 0 Å². The Morgan fingerprint density at radius 3 is 2.23 bits per heavy atom. The van der Waals surface area contributed by atoms with Crippen LogP contribution in [0, 0.1) is 0 Å². The molecule has 2 N–H and O–H groups in total. The number of aliphatic hydroxyl groups excluding tert-OH is 1. The molecule has 112 valence electrons. The van der Waals surface area contributed by atoms with Crippen molar-refractivity contribution in [2.24, 2.45) is 0 Å². The fourth-order valence-electron chi connectivity index (χ4n) is 2.66. The lowest BCUT2D eigenvalue weighted by Gasteiger charge is -2.32. The summed E-state index contributed by atoms with van der Waals surface area (Å²) in [6.07, 6.45) is 1.79. The molecule has 0 radical (unpaired) electrons. The van der Waals surface area contributed by atoms with Gasteiger partial charge in [-0.25, -0.2) is 0 Å². The van der Waals surface area contributed by atoms with Crippen molar-refractivity contribution < 1.29 is 9.90 Å². The number of nitrogens with one attached hydrogen (secondary N) is 1. The first-order chi connectivity index (χ1) is 10.6. The quantitative estimate of drug-likeness (QED) is 0.911. The molecule has 1 heterocycles. The predicted molar refractivity (Wildman–Crippen MR) is 87.6 cm³/mol. The van der Waals surface area contributed by atoms with E-state index in [1.165, 1.54) is 0 Å². The van der Waals surface area contributed by atoms with E-state index in [0.717, 1.165) is 11.4 Å². The zero-order valence-electron chi connectivity index (χ0n) is 12.4. The molecule has 1 aliphatic heterocycles. The Kier molecular flexibility index (Phi) is 3.69. The van der Waals surface area contributed by atoms with E-state index in [-0.39, 0.29) is 12.5 Å². The summed E-state index contributed by atoms with van der Waals surface area (Å²) in [5, 5.41) is 12.9. The second-order valence-corrected chi connectivity index (χ2v) is 5.54. The minimum Gasteiger partial charge on any atom is -0.394 e. The molecule has 1 amide bonds. The van der Waals surface area contributed by atoms with Crippen LogP contribution in [0.5, 0.6) is 0 Å². The Bertz CT molecular complexity index is 698. The third-order valence-corrected chi connectivity index (χ3v) is 3.79. The zero-order chi connectivity index (χ0) is 15.6. The number of amides is 1. The summed E-state index contributed by atoms with van der Waals surface area (Å²) < 4.78 is 0. The first-order valence-electron chi connectivity index (χ1n) is 7.19. The summed E-state index contributed by atoms with van der Waals surface area (Å²) in [4.78, 5) is 14.4. The minimum atomic E-state index is -0.754. The number of hydrogen-bond acceptors (Lipinski definition) is 3. The van der Waals surface area contributed by atoms with Crippen LogP contribution in [-0.4, -0.2) is 23.2 Å². The first-order valence-corrected chi connectivity index (χ1v) is 7.19. The minimum absolute atomic E-state index is 0.145. The number of hydrogen-bond donors (Lipinski definition) is 2. The molecule has 0 aliphatic carbocycles. The van der Waals surface area contributed by atoms with E-state index < -0.39 is 5.54 Å². The van der Waals surface area contributed by atoms with Gasteiger partial charge in [0.25, 0.3) is 5.91 Å². The zero-order valence-corrected chi connectivity index (χ0v) is 12.4. The SMILES string of the molecule is CC1(CO)C=C(Nc2ccccc2)C(=O)N1c1ccccc1. The lowest BCUT2D eigenvalue weighted by molar-refractivity contribution is -0.115. The average molecular weight is 294 g/mol. The highest BCUT2D eigenvalue weighted by atomic mass is 16.3. The molecule has 2 aromatic rings. The second-order valence-electron chi connectivity index (χ2n) is 5.54. The Hall–Kier alpha value is -2.59. The Balaban J connectivity index is 1.94. The van der Waals surface area contributed by atoms with Gasteiger partial charge >= 0.3 is 0 Å². The molecule has 0 spiro atoms. The third-order valence-electron chi connectivity index (χ3n) is 3.79. The van der Waals surface area contributed by atoms with Crippen molar-refractivity contribution in [2.45, 2.75) is 12.5 Å². The Morgan fingerprint density at radius 1 is 1.05 bits per heavy atom. The van der Waals surface area contributed by atoms with Crippen molar-refractivity contribution in [3.05, 3.63) is 72.4 Å². The van der Waals surface area contributed by atoms with Crippen LogP contribution in [0.15, 0.2) is 72.4 Å². The molecule has 1 unspecified atom stereocenters. The number of rotatable bonds is 4. The van der Waals surface area contributed by atoms with Crippen molar-refractivity contribution >= 4 is 17.3 Å². The van der Waals surface area contributed by atoms with Crippen molar-refractivity contribution in [3.63, 3.8) is 0 Å². The highest BCUT2D eigenvalue weighted by Crippen LogP contribution is 2.33. The van der Waals surface area contributed by atoms with Crippen molar-refractivity contribution in [2.75, 3.05) is 16.8 Å². The van der Waals surface area contributed by atoms with Gasteiger partial charge in [-0.3, -0.25) is 9.69 Å². The van der Waals surface area contributed by atoms with Crippen molar-refractivity contribution in [1.29, 1.82) is 0 Å². The third kappa shape index (κ3) is 2.49. The highest BCUT2D eigenvalue weighted by molar-refractivity contribution is 6.11. The van der Waals surface area contributed by atoms with Crippen LogP contribution in [-0.2, 0) is 4.79 Å². The second kappa shape index (κ2) is 5.66. The van der Waals surface area contributed by atoms with E-state index >= 15 is 0 Å². The number of carbonyl (C=O) groups excluding carboxylic acids is 1. The lowest BCUT2D eigenvalue weighted by atomic mass is 10.0. The molecule has 1 atom stereocenters. The normalized spacial score (nSPS) is 20.9. The largest absolute Gasteiger partial charge is 0.394 e. The summed E-state index contributed by atoms with van der Waals surface area (Å²) in [6, 6.07) is 18.9. The topological polar surface area (TPSA) is 52.6 Å². The summed E-state index contributed by atoms with van der Waals surface area (Å²) in [5.41, 5.74) is 1.34. The van der Waals surface area contributed by atoms with Crippen molar-refractivity contribution in [3.8, 4) is 0 Å². The molecule has 0 saturated heterocycles. The molecule has 4 nitrogen and oxygen atoms in total. The maximum absolute atomic E-state index is 12.8. The van der Waals surface area contributed by atoms with Gasteiger partial charge in [0.1, 0.15) is 5.70 Å². The maximum atomic E-state index is 12.8. The molecule has 2 aromatic carbocycles. The maximum Gasteiger partial charge on any atom is 0.275 e. The van der Waals surface area contributed by atoms with E-state index in [1.807, 2.05) is 67.6 Å². The molecule has 3 rings (SSSR count). The molecular formula is C18H18N2O2. The number of carbonyl (C=O) groups is 1. The van der Waals surface area contributed by atoms with Crippen LogP contribution < -0.4 is 10.2 Å². The van der Waals surface area contributed by atoms with E-state index in [0.29, 0.717) is 5.70 Å². The molecule has 0 fully saturated rings. The van der Waals surface area contributed by atoms with Gasteiger partial charge in [-0.05, 0) is 37.3 Å². The summed E-state index contributed by atoms with van der Waals surface area (Å²) in [5.74, 6) is -0.147. The van der Waals surface area contributed by atoms with Gasteiger partial charge in [-0.2, -0.15) is 0 Å². The van der Waals surface area contributed by atoms with Crippen molar-refractivity contribution in [1.82, 2.24) is 0 Å². The fraction of sp³-hybridized carbons (Fsp3) is 0.167. The molecule has 1 aliphatic rings. The van der Waals surface area contributed by atoms with Crippen LogP contribution in [0.2, 0.25) is 0 Å². The Morgan fingerprint density at radius 2 is 1.64 bits per heavy atom. The van der Waals surface area contributed by atoms with E-state index in [4.69, 9.17) is 0 Å². The van der Waals surface area contributed by atoms with E-state index in [1.54, 1.807) is 11.0 Å². The van der Waals surface area contributed by atoms with Crippen LogP contribution in [0.4, 0.5) is 11.4 Å². The van der Waals surface area contributed by atoms with E-state index in [2.05, 4.69) is 5.32 Å². The smallest absolute Gasteiger partial charge is 0.275 e. The first kappa shape index (κ1) is 14.4. The molecule has 0 saturated carbocycles. The lowest BCUT2D eigenvalue weighted by Crippen LogP contribution is -2.47. The number of nitrogens with zero attached hydrogens (tertiary/aromatic N) is 1. The fourth-order valence-corrected chi connectivity index (χ4v) is 2.66. The van der Waals surface area contributed by atoms with Gasteiger partial charge in [-0.1, -0.05) is 36.4 Å². The number of aliphatic hydroxyl groups is 1. The van der Waals surface area contributed by atoms with Crippen LogP contribution in [0.25, 0.3) is 0 Å². The van der Waals surface area contributed by atoms with E-state index in [9.17, 15) is 9.90 Å². The number of para-hydroxylation sites is 2. The number of anilines is 2. The summed E-state index contributed by atoms with van der Waals surface area (Å²) in [6.45, 7) is 1.70. The molecule has 0 bridgehead atoms. The Labute approximate surface area is 129 Å².